The van der Waals surface area contributed by atoms with E-state index in [1.807, 2.05) is 12.1 Å². The van der Waals surface area contributed by atoms with Gasteiger partial charge in [0.05, 0.1) is 0 Å². The van der Waals surface area contributed by atoms with E-state index < -0.39 is 0 Å². The van der Waals surface area contributed by atoms with Gasteiger partial charge in [-0.05, 0) is 61.5 Å². The second-order valence-electron chi connectivity index (χ2n) is 5.96. The first kappa shape index (κ1) is 13.4. The predicted molar refractivity (Wildman–Crippen MR) is 85.1 cm³/mol. The second kappa shape index (κ2) is 5.43. The van der Waals surface area contributed by atoms with Gasteiger partial charge in [0.25, 0.3) is 0 Å². The third kappa shape index (κ3) is 2.65. The van der Waals surface area contributed by atoms with Crippen LogP contribution in [0.2, 0.25) is 0 Å². The third-order valence-electron chi connectivity index (χ3n) is 4.59. The molecule has 1 unspecified atom stereocenters. The summed E-state index contributed by atoms with van der Waals surface area (Å²) in [5, 5.41) is 3.40. The first-order valence-electron chi connectivity index (χ1n) is 7.42. The highest BCUT2D eigenvalue weighted by molar-refractivity contribution is 5.76. The molecule has 3 rings (SSSR count). The molecule has 1 aromatic rings. The molecule has 1 aliphatic heterocycles. The van der Waals surface area contributed by atoms with Crippen molar-refractivity contribution in [3.8, 4) is 0 Å². The molecule has 2 aliphatic rings. The topological polar surface area (TPSA) is 64.1 Å². The van der Waals surface area contributed by atoms with Gasteiger partial charge in [0, 0.05) is 11.2 Å². The van der Waals surface area contributed by atoms with Crippen molar-refractivity contribution in [3.63, 3.8) is 0 Å². The lowest BCUT2D eigenvalue weighted by Crippen LogP contribution is -2.49. The van der Waals surface area contributed by atoms with Gasteiger partial charge in [0.2, 0.25) is 0 Å². The summed E-state index contributed by atoms with van der Waals surface area (Å²) in [5.41, 5.74) is 15.4. The van der Waals surface area contributed by atoms with E-state index in [0.717, 1.165) is 25.2 Å². The van der Waals surface area contributed by atoms with Crippen LogP contribution in [0, 0.1) is 5.92 Å². The maximum absolute atomic E-state index is 6.62. The molecule has 0 amide bonds. The van der Waals surface area contributed by atoms with Gasteiger partial charge in [-0.25, -0.2) is 0 Å². The van der Waals surface area contributed by atoms with E-state index in [1.165, 1.54) is 24.0 Å². The van der Waals surface area contributed by atoms with Crippen molar-refractivity contribution in [1.82, 2.24) is 5.32 Å². The number of hydrogen-bond donors (Lipinski definition) is 3. The van der Waals surface area contributed by atoms with Gasteiger partial charge in [0.15, 0.2) is 0 Å². The zero-order chi connectivity index (χ0) is 14.0. The summed E-state index contributed by atoms with van der Waals surface area (Å²) in [6, 6.07) is 8.03. The van der Waals surface area contributed by atoms with Crippen LogP contribution in [0.3, 0.4) is 0 Å². The van der Waals surface area contributed by atoms with E-state index in [0.29, 0.717) is 5.92 Å². The number of anilines is 1. The summed E-state index contributed by atoms with van der Waals surface area (Å²) in [4.78, 5) is 0. The summed E-state index contributed by atoms with van der Waals surface area (Å²) >= 11 is 0. The summed E-state index contributed by atoms with van der Waals surface area (Å²) in [6.07, 6.45) is 9.94. The van der Waals surface area contributed by atoms with Crippen molar-refractivity contribution in [2.45, 2.75) is 24.8 Å². The molecular formula is C17H23N3. The van der Waals surface area contributed by atoms with Gasteiger partial charge in [-0.15, -0.1) is 0 Å². The summed E-state index contributed by atoms with van der Waals surface area (Å²) in [7, 11) is 0. The highest BCUT2D eigenvalue weighted by Crippen LogP contribution is 2.34. The normalized spacial score (nSPS) is 27.4. The number of piperidine rings is 1. The number of benzene rings is 1. The largest absolute Gasteiger partial charge is 0.399 e. The number of allylic oxidation sites excluding steroid dienone is 2. The Hall–Kier alpha value is -1.58. The van der Waals surface area contributed by atoms with Crippen molar-refractivity contribution in [1.29, 1.82) is 0 Å². The highest BCUT2D eigenvalue weighted by Gasteiger charge is 2.33. The van der Waals surface area contributed by atoms with E-state index >= 15 is 0 Å². The van der Waals surface area contributed by atoms with Crippen molar-refractivity contribution >= 4 is 11.3 Å². The monoisotopic (exact) mass is 269 g/mol. The zero-order valence-corrected chi connectivity index (χ0v) is 11.8. The minimum Gasteiger partial charge on any atom is -0.399 e. The number of nitrogens with one attached hydrogen (secondary N) is 1. The molecule has 0 aromatic heterocycles. The third-order valence-corrected chi connectivity index (χ3v) is 4.59. The Kier molecular flexibility index (Phi) is 3.64. The van der Waals surface area contributed by atoms with Crippen molar-refractivity contribution < 1.29 is 0 Å². The molecule has 3 heteroatoms. The van der Waals surface area contributed by atoms with Crippen LogP contribution >= 0.6 is 0 Å². The maximum atomic E-state index is 6.62. The van der Waals surface area contributed by atoms with Crippen LogP contribution in [-0.4, -0.2) is 18.6 Å². The Morgan fingerprint density at radius 3 is 2.40 bits per heavy atom. The van der Waals surface area contributed by atoms with Gasteiger partial charge in [-0.2, -0.15) is 0 Å². The molecule has 1 aromatic carbocycles. The van der Waals surface area contributed by atoms with Crippen LogP contribution in [0.1, 0.15) is 24.8 Å². The first-order chi connectivity index (χ1) is 9.67. The zero-order valence-electron chi connectivity index (χ0n) is 11.8. The van der Waals surface area contributed by atoms with Gasteiger partial charge in [-0.1, -0.05) is 30.4 Å². The van der Waals surface area contributed by atoms with Gasteiger partial charge in [0.1, 0.15) is 0 Å². The van der Waals surface area contributed by atoms with E-state index in [-0.39, 0.29) is 5.54 Å². The molecular weight excluding hydrogens is 246 g/mol. The molecule has 5 N–H and O–H groups in total. The molecule has 1 aliphatic carbocycles. The Balaban J connectivity index is 1.74. The fourth-order valence-electron chi connectivity index (χ4n) is 3.22. The van der Waals surface area contributed by atoms with E-state index in [9.17, 15) is 0 Å². The van der Waals surface area contributed by atoms with Crippen LogP contribution < -0.4 is 16.8 Å². The van der Waals surface area contributed by atoms with Gasteiger partial charge in [-0.3, -0.25) is 0 Å². The van der Waals surface area contributed by atoms with Gasteiger partial charge < -0.3 is 16.8 Å². The SMILES string of the molecule is Nc1ccc(C2=CCC(N)(C3CCNCC3)C=C2)cc1. The Bertz CT molecular complexity index is 524. The average Bonchev–Trinajstić information content (AvgIpc) is 2.50. The number of nitrogen functional groups attached to an aromatic ring is 1. The van der Waals surface area contributed by atoms with E-state index in [2.05, 4.69) is 35.7 Å². The molecule has 106 valence electrons. The fourth-order valence-corrected chi connectivity index (χ4v) is 3.22. The molecule has 1 atom stereocenters. The second-order valence-corrected chi connectivity index (χ2v) is 5.96. The molecule has 0 spiro atoms. The highest BCUT2D eigenvalue weighted by atomic mass is 14.9. The Morgan fingerprint density at radius 1 is 1.10 bits per heavy atom. The minimum atomic E-state index is -0.167. The van der Waals surface area contributed by atoms with Crippen LogP contribution in [0.5, 0.6) is 0 Å². The first-order valence-corrected chi connectivity index (χ1v) is 7.42. The van der Waals surface area contributed by atoms with Crippen molar-refractivity contribution in [3.05, 3.63) is 48.1 Å². The minimum absolute atomic E-state index is 0.167. The predicted octanol–water partition coefficient (Wildman–Crippen LogP) is 2.31. The van der Waals surface area contributed by atoms with Crippen LogP contribution in [0.15, 0.2) is 42.5 Å². The van der Waals surface area contributed by atoms with Gasteiger partial charge >= 0.3 is 0 Å². The van der Waals surface area contributed by atoms with Crippen LogP contribution in [0.4, 0.5) is 5.69 Å². The lowest BCUT2D eigenvalue weighted by molar-refractivity contribution is 0.259. The Morgan fingerprint density at radius 2 is 1.80 bits per heavy atom. The lowest BCUT2D eigenvalue weighted by atomic mass is 9.74. The van der Waals surface area contributed by atoms with Crippen molar-refractivity contribution in [2.75, 3.05) is 18.8 Å². The number of hydrogen-bond acceptors (Lipinski definition) is 3. The standard InChI is InChI=1S/C17H23N3/c18-16-3-1-13(2-4-16)14-5-9-17(19,10-6-14)15-7-11-20-12-8-15/h1-6,9,15,20H,7-8,10-12,18-19H2. The summed E-state index contributed by atoms with van der Waals surface area (Å²) < 4.78 is 0. The molecule has 0 radical (unpaired) electrons. The smallest absolute Gasteiger partial charge is 0.0407 e. The lowest BCUT2D eigenvalue weighted by Gasteiger charge is -2.39. The molecule has 1 saturated heterocycles. The Labute approximate surface area is 120 Å². The summed E-state index contributed by atoms with van der Waals surface area (Å²) in [6.45, 7) is 2.18. The van der Waals surface area contributed by atoms with E-state index in [4.69, 9.17) is 11.5 Å². The molecule has 0 saturated carbocycles. The van der Waals surface area contributed by atoms with Crippen LogP contribution in [0.25, 0.3) is 5.57 Å². The molecule has 1 fully saturated rings. The van der Waals surface area contributed by atoms with Crippen molar-refractivity contribution in [2.24, 2.45) is 11.7 Å². The molecule has 0 bridgehead atoms. The van der Waals surface area contributed by atoms with Crippen LogP contribution in [-0.2, 0) is 0 Å². The molecule has 3 nitrogen and oxygen atoms in total. The average molecular weight is 269 g/mol. The fraction of sp³-hybridized carbons (Fsp3) is 0.412. The number of nitrogens with two attached hydrogens (primary N) is 2. The molecule has 1 heterocycles. The molecule has 20 heavy (non-hydrogen) atoms. The maximum Gasteiger partial charge on any atom is 0.0407 e. The number of rotatable bonds is 2. The van der Waals surface area contributed by atoms with E-state index in [1.54, 1.807) is 0 Å². The summed E-state index contributed by atoms with van der Waals surface area (Å²) in [5.74, 6) is 0.587. The quantitative estimate of drug-likeness (QED) is 0.722.